The molecule has 1 unspecified atom stereocenters. The van der Waals surface area contributed by atoms with Crippen molar-refractivity contribution in [1.82, 2.24) is 14.5 Å². The Balaban J connectivity index is 1.46. The number of rotatable bonds is 5. The van der Waals surface area contributed by atoms with Crippen LogP contribution in [0.3, 0.4) is 0 Å². The second-order valence-electron chi connectivity index (χ2n) is 7.41. The van der Waals surface area contributed by atoms with Gasteiger partial charge in [0.1, 0.15) is 10.3 Å². The second kappa shape index (κ2) is 8.22. The summed E-state index contributed by atoms with van der Waals surface area (Å²) < 4.78 is 29.2. The van der Waals surface area contributed by atoms with Crippen LogP contribution in [0.25, 0.3) is 10.1 Å². The van der Waals surface area contributed by atoms with Crippen LogP contribution in [-0.2, 0) is 19.6 Å². The summed E-state index contributed by atoms with van der Waals surface area (Å²) in [6.45, 7) is 1.94. The lowest BCUT2D eigenvalue weighted by atomic mass is 10.1. The molecular formula is C19H22ClN3O4S2. The summed E-state index contributed by atoms with van der Waals surface area (Å²) in [5, 5.41) is 1.28. The standard InChI is InChI=1S/C19H22ClN3O4S2/c20-14-5-6-16-13(10-14)11-18(28-16)29(26,27)21-15-4-3-9-23(19(15)25)12-17(24)22-7-1-2-8-22/h5-6,10-11,15,21H,1-4,7-9,12H2. The van der Waals surface area contributed by atoms with Crippen molar-refractivity contribution in [3.8, 4) is 0 Å². The highest BCUT2D eigenvalue weighted by Crippen LogP contribution is 2.31. The second-order valence-corrected chi connectivity index (χ2v) is 10.9. The Morgan fingerprint density at radius 1 is 1.17 bits per heavy atom. The fourth-order valence-corrected chi connectivity index (χ4v) is 6.60. The number of carbonyl (C=O) groups excluding carboxylic acids is 2. The summed E-state index contributed by atoms with van der Waals surface area (Å²) in [6, 6.07) is 5.91. The van der Waals surface area contributed by atoms with Crippen LogP contribution in [0.15, 0.2) is 28.5 Å². The highest BCUT2D eigenvalue weighted by atomic mass is 35.5. The van der Waals surface area contributed by atoms with Crippen molar-refractivity contribution in [1.29, 1.82) is 0 Å². The number of carbonyl (C=O) groups is 2. The molecule has 2 saturated heterocycles. The normalized spacial score (nSPS) is 20.6. The monoisotopic (exact) mass is 455 g/mol. The van der Waals surface area contributed by atoms with Crippen LogP contribution < -0.4 is 4.72 Å². The molecule has 0 spiro atoms. The first-order valence-electron chi connectivity index (χ1n) is 9.61. The molecule has 29 heavy (non-hydrogen) atoms. The summed E-state index contributed by atoms with van der Waals surface area (Å²) in [4.78, 5) is 28.4. The Kier molecular flexibility index (Phi) is 5.83. The average molecular weight is 456 g/mol. The number of nitrogens with one attached hydrogen (secondary N) is 1. The van der Waals surface area contributed by atoms with Crippen molar-refractivity contribution in [2.24, 2.45) is 0 Å². The van der Waals surface area contributed by atoms with E-state index in [1.165, 1.54) is 4.90 Å². The lowest BCUT2D eigenvalue weighted by Gasteiger charge is -2.33. The van der Waals surface area contributed by atoms with Crippen LogP contribution in [0.4, 0.5) is 0 Å². The van der Waals surface area contributed by atoms with Crippen LogP contribution in [0.5, 0.6) is 0 Å². The molecule has 0 saturated carbocycles. The predicted molar refractivity (Wildman–Crippen MR) is 113 cm³/mol. The fourth-order valence-electron chi connectivity index (χ4n) is 3.80. The smallest absolute Gasteiger partial charge is 0.250 e. The van der Waals surface area contributed by atoms with Gasteiger partial charge < -0.3 is 9.80 Å². The molecule has 2 amide bonds. The Hall–Kier alpha value is -1.68. The van der Waals surface area contributed by atoms with Gasteiger partial charge in [0.05, 0.1) is 6.54 Å². The molecule has 2 aliphatic rings. The molecule has 10 heteroatoms. The van der Waals surface area contributed by atoms with E-state index in [4.69, 9.17) is 11.6 Å². The molecule has 1 aromatic carbocycles. The maximum absolute atomic E-state index is 12.9. The lowest BCUT2D eigenvalue weighted by molar-refractivity contribution is -0.142. The zero-order chi connectivity index (χ0) is 20.6. The van der Waals surface area contributed by atoms with Crippen LogP contribution in [0.1, 0.15) is 25.7 Å². The third-order valence-electron chi connectivity index (χ3n) is 5.33. The van der Waals surface area contributed by atoms with Crippen molar-refractivity contribution in [3.05, 3.63) is 29.3 Å². The molecule has 2 fully saturated rings. The highest BCUT2D eigenvalue weighted by Gasteiger charge is 2.34. The molecule has 2 aliphatic heterocycles. The van der Waals surface area contributed by atoms with Crippen molar-refractivity contribution < 1.29 is 18.0 Å². The molecule has 4 rings (SSSR count). The molecule has 7 nitrogen and oxygen atoms in total. The molecule has 1 N–H and O–H groups in total. The first-order valence-corrected chi connectivity index (χ1v) is 12.3. The zero-order valence-corrected chi connectivity index (χ0v) is 18.2. The topological polar surface area (TPSA) is 86.8 Å². The molecule has 1 atom stereocenters. The minimum absolute atomic E-state index is 0.0123. The number of hydrogen-bond acceptors (Lipinski definition) is 5. The summed E-state index contributed by atoms with van der Waals surface area (Å²) >= 11 is 7.12. The SMILES string of the molecule is O=C(CN1CCCC(NS(=O)(=O)c2cc3cc(Cl)ccc3s2)C1=O)N1CCCC1. The van der Waals surface area contributed by atoms with E-state index in [2.05, 4.69) is 4.72 Å². The third kappa shape index (κ3) is 4.42. The van der Waals surface area contributed by atoms with Gasteiger partial charge in [-0.2, -0.15) is 4.72 Å². The minimum Gasteiger partial charge on any atom is -0.341 e. The third-order valence-corrected chi connectivity index (χ3v) is 8.63. The van der Waals surface area contributed by atoms with Crippen molar-refractivity contribution in [3.63, 3.8) is 0 Å². The van der Waals surface area contributed by atoms with Gasteiger partial charge in [-0.3, -0.25) is 9.59 Å². The molecule has 0 bridgehead atoms. The Labute approximate surface area is 178 Å². The quantitative estimate of drug-likeness (QED) is 0.750. The lowest BCUT2D eigenvalue weighted by Crippen LogP contribution is -2.54. The van der Waals surface area contributed by atoms with E-state index in [1.54, 1.807) is 29.2 Å². The zero-order valence-electron chi connectivity index (χ0n) is 15.8. The largest absolute Gasteiger partial charge is 0.341 e. The van der Waals surface area contributed by atoms with Crippen molar-refractivity contribution in [2.75, 3.05) is 26.2 Å². The van der Waals surface area contributed by atoms with Gasteiger partial charge in [-0.05, 0) is 55.3 Å². The molecule has 0 aliphatic carbocycles. The Morgan fingerprint density at radius 3 is 2.69 bits per heavy atom. The fraction of sp³-hybridized carbons (Fsp3) is 0.474. The summed E-state index contributed by atoms with van der Waals surface area (Å²) in [5.74, 6) is -0.405. The van der Waals surface area contributed by atoms with Gasteiger partial charge in [0, 0.05) is 29.4 Å². The Bertz CT molecular complexity index is 1050. The van der Waals surface area contributed by atoms with Gasteiger partial charge in [0.25, 0.3) is 10.0 Å². The number of amides is 2. The number of hydrogen-bond donors (Lipinski definition) is 1. The van der Waals surface area contributed by atoms with Gasteiger partial charge in [0.2, 0.25) is 11.8 Å². The van der Waals surface area contributed by atoms with Gasteiger partial charge >= 0.3 is 0 Å². The van der Waals surface area contributed by atoms with E-state index in [0.29, 0.717) is 24.4 Å². The molecule has 1 aromatic heterocycles. The van der Waals surface area contributed by atoms with Gasteiger partial charge in [-0.1, -0.05) is 11.6 Å². The van der Waals surface area contributed by atoms with E-state index >= 15 is 0 Å². The average Bonchev–Trinajstić information content (AvgIpc) is 3.34. The number of thiophene rings is 1. The molecule has 156 valence electrons. The number of fused-ring (bicyclic) bond motifs is 1. The maximum atomic E-state index is 12.9. The molecular weight excluding hydrogens is 434 g/mol. The predicted octanol–water partition coefficient (Wildman–Crippen LogP) is 2.45. The van der Waals surface area contributed by atoms with Crippen LogP contribution >= 0.6 is 22.9 Å². The van der Waals surface area contributed by atoms with Crippen LogP contribution in [0.2, 0.25) is 5.02 Å². The number of likely N-dealkylation sites (tertiary alicyclic amines) is 2. The van der Waals surface area contributed by atoms with Gasteiger partial charge in [-0.15, -0.1) is 11.3 Å². The first kappa shape index (κ1) is 20.6. The maximum Gasteiger partial charge on any atom is 0.250 e. The van der Waals surface area contributed by atoms with E-state index in [0.717, 1.165) is 47.4 Å². The number of nitrogens with zero attached hydrogens (tertiary/aromatic N) is 2. The molecule has 3 heterocycles. The van der Waals surface area contributed by atoms with Gasteiger partial charge in [0.15, 0.2) is 0 Å². The summed E-state index contributed by atoms with van der Waals surface area (Å²) in [6.07, 6.45) is 3.04. The number of halogens is 1. The first-order chi connectivity index (χ1) is 13.8. The van der Waals surface area contributed by atoms with E-state index in [-0.39, 0.29) is 22.6 Å². The van der Waals surface area contributed by atoms with Crippen molar-refractivity contribution >= 4 is 54.9 Å². The number of benzene rings is 1. The highest BCUT2D eigenvalue weighted by molar-refractivity contribution is 7.91. The van der Waals surface area contributed by atoms with E-state index in [9.17, 15) is 18.0 Å². The summed E-state index contributed by atoms with van der Waals surface area (Å²) in [7, 11) is -3.85. The van der Waals surface area contributed by atoms with Crippen molar-refractivity contribution in [2.45, 2.75) is 35.9 Å². The molecule has 0 radical (unpaired) electrons. The minimum atomic E-state index is -3.85. The number of piperidine rings is 1. The summed E-state index contributed by atoms with van der Waals surface area (Å²) in [5.41, 5.74) is 0. The van der Waals surface area contributed by atoms with Gasteiger partial charge in [-0.25, -0.2) is 8.42 Å². The van der Waals surface area contributed by atoms with Crippen LogP contribution in [-0.4, -0.2) is 62.3 Å². The molecule has 2 aromatic rings. The number of sulfonamides is 1. The van der Waals surface area contributed by atoms with E-state index in [1.807, 2.05) is 0 Å². The van der Waals surface area contributed by atoms with E-state index < -0.39 is 16.1 Å². The van der Waals surface area contributed by atoms with Crippen LogP contribution in [0, 0.1) is 0 Å². The Morgan fingerprint density at radius 2 is 1.93 bits per heavy atom.